The highest BCUT2D eigenvalue weighted by Crippen LogP contribution is 2.26. The molecule has 3 aromatic rings. The summed E-state index contributed by atoms with van der Waals surface area (Å²) < 4.78 is 5.44. The van der Waals surface area contributed by atoms with Crippen LogP contribution in [0.4, 0.5) is 5.69 Å². The van der Waals surface area contributed by atoms with Crippen LogP contribution in [0.25, 0.3) is 11.1 Å². The maximum absolute atomic E-state index is 12.3. The molecule has 1 aromatic heterocycles. The smallest absolute Gasteiger partial charge is 0.286 e. The van der Waals surface area contributed by atoms with E-state index < -0.39 is 0 Å². The lowest BCUT2D eigenvalue weighted by atomic mass is 10.2. The second-order valence-electron chi connectivity index (χ2n) is 5.53. The average molecular weight is 432 g/mol. The Morgan fingerprint density at radius 1 is 1.11 bits per heavy atom. The molecule has 0 fully saturated rings. The zero-order valence-corrected chi connectivity index (χ0v) is 16.9. The van der Waals surface area contributed by atoms with Crippen molar-refractivity contribution in [1.29, 1.82) is 0 Å². The van der Waals surface area contributed by atoms with Gasteiger partial charge in [0.05, 0.1) is 5.03 Å². The van der Waals surface area contributed by atoms with Crippen molar-refractivity contribution in [2.24, 2.45) is 0 Å². The number of nitrogens with one attached hydrogen (secondary N) is 1. The first-order valence-corrected chi connectivity index (χ1v) is 9.74. The van der Waals surface area contributed by atoms with Gasteiger partial charge in [0.15, 0.2) is 5.01 Å². The fraction of sp³-hybridized carbons (Fsp3) is 0.0500. The molecule has 0 bridgehead atoms. The van der Waals surface area contributed by atoms with Gasteiger partial charge in [0.1, 0.15) is 12.4 Å². The maximum Gasteiger partial charge on any atom is 0.286 e. The Morgan fingerprint density at radius 3 is 2.46 bits per heavy atom. The second kappa shape index (κ2) is 9.50. The molecule has 0 radical (unpaired) electrons. The van der Waals surface area contributed by atoms with E-state index in [1.807, 2.05) is 24.3 Å². The van der Waals surface area contributed by atoms with Crippen LogP contribution < -0.4 is 10.1 Å². The van der Waals surface area contributed by atoms with Crippen LogP contribution in [0, 0.1) is 0 Å². The minimum absolute atomic E-state index is 0.213. The normalized spacial score (nSPS) is 11.1. The van der Waals surface area contributed by atoms with Crippen LogP contribution in [0.2, 0.25) is 5.02 Å². The van der Waals surface area contributed by atoms with Gasteiger partial charge in [-0.2, -0.15) is 0 Å². The molecule has 2 aromatic carbocycles. The highest BCUT2D eigenvalue weighted by atomic mass is 35.5. The number of hydrogen-bond acceptors (Lipinski definition) is 5. The molecule has 3 rings (SSSR count). The summed E-state index contributed by atoms with van der Waals surface area (Å²) in [5.41, 5.74) is 1.49. The molecule has 0 aliphatic heterocycles. The quantitative estimate of drug-likeness (QED) is 0.483. The minimum Gasteiger partial charge on any atom is -0.490 e. The summed E-state index contributed by atoms with van der Waals surface area (Å²) in [6.07, 6.45) is 3.43. The van der Waals surface area contributed by atoms with Crippen molar-refractivity contribution >= 4 is 57.2 Å². The Labute approximate surface area is 176 Å². The third-order valence-corrected chi connectivity index (χ3v) is 5.07. The molecule has 8 heteroatoms. The van der Waals surface area contributed by atoms with E-state index in [9.17, 15) is 4.79 Å². The molecule has 0 unspecified atom stereocenters. The predicted octanol–water partition coefficient (Wildman–Crippen LogP) is 5.75. The van der Waals surface area contributed by atoms with Gasteiger partial charge in [-0.1, -0.05) is 59.3 Å². The van der Waals surface area contributed by atoms with Gasteiger partial charge in [-0.3, -0.25) is 4.79 Å². The Bertz CT molecular complexity index is 999. The molecule has 0 saturated heterocycles. The van der Waals surface area contributed by atoms with Crippen LogP contribution in [0.5, 0.6) is 5.75 Å². The monoisotopic (exact) mass is 431 g/mol. The molecule has 28 heavy (non-hydrogen) atoms. The summed E-state index contributed by atoms with van der Waals surface area (Å²) in [5.74, 6) is 0.379. The lowest BCUT2D eigenvalue weighted by Crippen LogP contribution is -2.11. The van der Waals surface area contributed by atoms with E-state index in [-0.39, 0.29) is 10.9 Å². The molecule has 0 atom stereocenters. The largest absolute Gasteiger partial charge is 0.490 e. The molecular weight excluding hydrogens is 417 g/mol. The highest BCUT2D eigenvalue weighted by molar-refractivity contribution is 7.15. The SMILES string of the molecule is C=CCOc1ccc(/C=C(\Cl)c2nnc(C(=O)Nc3ccc(Cl)cc3)s2)cc1. The number of halogens is 2. The van der Waals surface area contributed by atoms with Crippen molar-refractivity contribution in [1.82, 2.24) is 10.2 Å². The average Bonchev–Trinajstić information content (AvgIpc) is 3.20. The molecule has 0 saturated carbocycles. The molecular formula is C20H15Cl2N3O2S. The summed E-state index contributed by atoms with van der Waals surface area (Å²) in [6, 6.07) is 14.2. The number of carbonyl (C=O) groups is 1. The van der Waals surface area contributed by atoms with Gasteiger partial charge in [-0.05, 0) is 48.0 Å². The van der Waals surface area contributed by atoms with Gasteiger partial charge >= 0.3 is 0 Å². The Balaban J connectivity index is 1.68. The fourth-order valence-electron chi connectivity index (χ4n) is 2.15. The highest BCUT2D eigenvalue weighted by Gasteiger charge is 2.15. The van der Waals surface area contributed by atoms with E-state index >= 15 is 0 Å². The van der Waals surface area contributed by atoms with E-state index in [1.165, 1.54) is 0 Å². The van der Waals surface area contributed by atoms with Crippen LogP contribution in [0.1, 0.15) is 20.4 Å². The lowest BCUT2D eigenvalue weighted by molar-refractivity contribution is 0.102. The number of hydrogen-bond donors (Lipinski definition) is 1. The molecule has 0 aliphatic rings. The van der Waals surface area contributed by atoms with Crippen LogP contribution in [-0.4, -0.2) is 22.7 Å². The molecule has 0 aliphatic carbocycles. The van der Waals surface area contributed by atoms with E-state index in [1.54, 1.807) is 36.4 Å². The predicted molar refractivity (Wildman–Crippen MR) is 115 cm³/mol. The van der Waals surface area contributed by atoms with Crippen LogP contribution in [0.3, 0.4) is 0 Å². The van der Waals surface area contributed by atoms with Crippen molar-refractivity contribution in [2.75, 3.05) is 11.9 Å². The molecule has 1 amide bonds. The Kier molecular flexibility index (Phi) is 6.81. The Morgan fingerprint density at radius 2 is 1.79 bits per heavy atom. The van der Waals surface area contributed by atoms with Crippen molar-refractivity contribution in [3.8, 4) is 5.75 Å². The number of nitrogens with zero attached hydrogens (tertiary/aromatic N) is 2. The lowest BCUT2D eigenvalue weighted by Gasteiger charge is -2.03. The molecule has 5 nitrogen and oxygen atoms in total. The third kappa shape index (κ3) is 5.42. The standard InChI is InChI=1S/C20H15Cl2N3O2S/c1-2-11-27-16-9-3-13(4-10-16)12-17(22)19-24-25-20(28-19)18(26)23-15-7-5-14(21)6-8-15/h2-10,12H,1,11H2,(H,23,26)/b17-12-. The van der Waals surface area contributed by atoms with Crippen LogP contribution >= 0.6 is 34.5 Å². The Hall–Kier alpha value is -2.67. The number of rotatable bonds is 7. The van der Waals surface area contributed by atoms with Gasteiger partial charge in [0.2, 0.25) is 5.01 Å². The molecule has 1 heterocycles. The molecule has 1 N–H and O–H groups in total. The second-order valence-corrected chi connectivity index (χ2v) is 7.36. The number of benzene rings is 2. The van der Waals surface area contributed by atoms with Crippen molar-refractivity contribution in [2.45, 2.75) is 0 Å². The van der Waals surface area contributed by atoms with Crippen LogP contribution in [0.15, 0.2) is 61.2 Å². The number of aromatic nitrogens is 2. The van der Waals surface area contributed by atoms with Crippen LogP contribution in [-0.2, 0) is 0 Å². The van der Waals surface area contributed by atoms with Gasteiger partial charge in [-0.25, -0.2) is 0 Å². The van der Waals surface area contributed by atoms with Gasteiger partial charge in [-0.15, -0.1) is 10.2 Å². The van der Waals surface area contributed by atoms with Gasteiger partial charge in [0, 0.05) is 10.7 Å². The van der Waals surface area contributed by atoms with Crippen molar-refractivity contribution < 1.29 is 9.53 Å². The summed E-state index contributed by atoms with van der Waals surface area (Å²) >= 11 is 13.3. The maximum atomic E-state index is 12.3. The first kappa shape index (κ1) is 20.1. The summed E-state index contributed by atoms with van der Waals surface area (Å²) in [6.45, 7) is 4.06. The zero-order chi connectivity index (χ0) is 19.9. The summed E-state index contributed by atoms with van der Waals surface area (Å²) in [7, 11) is 0. The van der Waals surface area contributed by atoms with Gasteiger partial charge < -0.3 is 10.1 Å². The number of anilines is 1. The van der Waals surface area contributed by atoms with E-state index in [0.717, 1.165) is 22.6 Å². The first-order valence-electron chi connectivity index (χ1n) is 8.17. The topological polar surface area (TPSA) is 64.1 Å². The van der Waals surface area contributed by atoms with Gasteiger partial charge in [0.25, 0.3) is 5.91 Å². The minimum atomic E-state index is -0.362. The van der Waals surface area contributed by atoms with E-state index in [4.69, 9.17) is 27.9 Å². The zero-order valence-electron chi connectivity index (χ0n) is 14.6. The third-order valence-electron chi connectivity index (χ3n) is 3.47. The van der Waals surface area contributed by atoms with Crippen molar-refractivity contribution in [3.05, 3.63) is 81.8 Å². The molecule has 0 spiro atoms. The molecule has 142 valence electrons. The van der Waals surface area contributed by atoms with E-state index in [0.29, 0.717) is 27.4 Å². The fourth-order valence-corrected chi connectivity index (χ4v) is 3.20. The van der Waals surface area contributed by atoms with Crippen molar-refractivity contribution in [3.63, 3.8) is 0 Å². The number of amides is 1. The summed E-state index contributed by atoms with van der Waals surface area (Å²) in [5, 5.41) is 12.3. The number of ether oxygens (including phenoxy) is 1. The summed E-state index contributed by atoms with van der Waals surface area (Å²) in [4.78, 5) is 12.3. The first-order chi connectivity index (χ1) is 13.5. The number of carbonyl (C=O) groups excluding carboxylic acids is 1. The van der Waals surface area contributed by atoms with E-state index in [2.05, 4.69) is 22.1 Å².